The average molecular weight is 342 g/mol. The predicted octanol–water partition coefficient (Wildman–Crippen LogP) is 2.45. The van der Waals surface area contributed by atoms with Gasteiger partial charge < -0.3 is 20.5 Å². The Kier molecular flexibility index (Phi) is 6.17. The van der Waals surface area contributed by atoms with Gasteiger partial charge in [-0.15, -0.1) is 0 Å². The maximum absolute atomic E-state index is 13.1. The van der Waals surface area contributed by atoms with Crippen LogP contribution < -0.4 is 10.5 Å². The molecule has 0 spiro atoms. The summed E-state index contributed by atoms with van der Waals surface area (Å²) in [5, 5.41) is 11.5. The van der Waals surface area contributed by atoms with Crippen LogP contribution in [0.1, 0.15) is 31.0 Å². The zero-order valence-electron chi connectivity index (χ0n) is 15.0. The molecular formula is C20H26N2O3. The minimum atomic E-state index is -1.85. The van der Waals surface area contributed by atoms with Gasteiger partial charge in [0.25, 0.3) is 5.91 Å². The van der Waals surface area contributed by atoms with Crippen molar-refractivity contribution in [2.24, 2.45) is 5.73 Å². The molecule has 25 heavy (non-hydrogen) atoms. The van der Waals surface area contributed by atoms with E-state index in [0.29, 0.717) is 30.0 Å². The van der Waals surface area contributed by atoms with E-state index < -0.39 is 17.6 Å². The van der Waals surface area contributed by atoms with E-state index >= 15 is 0 Å². The number of ether oxygens (including phenoxy) is 1. The number of nitrogens with zero attached hydrogens (tertiary/aromatic N) is 1. The van der Waals surface area contributed by atoms with E-state index in [1.807, 2.05) is 19.9 Å². The van der Waals surface area contributed by atoms with Crippen LogP contribution in [0, 0.1) is 0 Å². The first-order valence-corrected chi connectivity index (χ1v) is 8.45. The molecule has 134 valence electrons. The fourth-order valence-electron chi connectivity index (χ4n) is 2.93. The Morgan fingerprint density at radius 2 is 1.68 bits per heavy atom. The van der Waals surface area contributed by atoms with Crippen molar-refractivity contribution in [3.8, 4) is 5.75 Å². The number of hydrogen-bond donors (Lipinski definition) is 2. The second kappa shape index (κ2) is 8.14. The van der Waals surface area contributed by atoms with E-state index in [1.54, 1.807) is 60.5 Å². The average Bonchev–Trinajstić information content (AvgIpc) is 2.68. The van der Waals surface area contributed by atoms with Crippen LogP contribution in [0.25, 0.3) is 0 Å². The maximum Gasteiger partial charge on any atom is 0.261 e. The van der Waals surface area contributed by atoms with E-state index in [4.69, 9.17) is 10.5 Å². The molecule has 0 heterocycles. The predicted molar refractivity (Wildman–Crippen MR) is 98.2 cm³/mol. The molecule has 0 aliphatic rings. The number of methoxy groups -OCH3 is 1. The first-order chi connectivity index (χ1) is 12.0. The number of rotatable bonds is 7. The molecule has 0 aliphatic heterocycles. The largest absolute Gasteiger partial charge is 0.497 e. The molecule has 0 unspecified atom stereocenters. The van der Waals surface area contributed by atoms with Crippen LogP contribution in [-0.4, -0.2) is 36.1 Å². The van der Waals surface area contributed by atoms with E-state index in [0.717, 1.165) is 0 Å². The van der Waals surface area contributed by atoms with Gasteiger partial charge in [-0.1, -0.05) is 42.5 Å². The van der Waals surface area contributed by atoms with Crippen molar-refractivity contribution in [2.45, 2.75) is 25.5 Å². The SMILES string of the molecule is CCN(CC)C(=O)[C@@](O)(c1ccccc1)[C@H](N)c1ccc(OC)cc1. The molecule has 0 bridgehead atoms. The highest BCUT2D eigenvalue weighted by Crippen LogP contribution is 2.36. The van der Waals surface area contributed by atoms with Crippen LogP contribution in [0.3, 0.4) is 0 Å². The fourth-order valence-corrected chi connectivity index (χ4v) is 2.93. The molecule has 5 heteroatoms. The monoisotopic (exact) mass is 342 g/mol. The first-order valence-electron chi connectivity index (χ1n) is 8.45. The van der Waals surface area contributed by atoms with Gasteiger partial charge in [-0.2, -0.15) is 0 Å². The van der Waals surface area contributed by atoms with E-state index in [-0.39, 0.29) is 0 Å². The van der Waals surface area contributed by atoms with Crippen LogP contribution in [0.4, 0.5) is 0 Å². The van der Waals surface area contributed by atoms with Gasteiger partial charge in [0.1, 0.15) is 5.75 Å². The van der Waals surface area contributed by atoms with Crippen molar-refractivity contribution in [3.05, 3.63) is 65.7 Å². The lowest BCUT2D eigenvalue weighted by Crippen LogP contribution is -2.52. The molecule has 2 aromatic carbocycles. The van der Waals surface area contributed by atoms with Crippen LogP contribution in [0.15, 0.2) is 54.6 Å². The molecule has 0 saturated carbocycles. The molecule has 0 fully saturated rings. The van der Waals surface area contributed by atoms with Crippen molar-refractivity contribution in [3.63, 3.8) is 0 Å². The summed E-state index contributed by atoms with van der Waals surface area (Å²) in [7, 11) is 1.58. The summed E-state index contributed by atoms with van der Waals surface area (Å²) < 4.78 is 5.16. The first kappa shape index (κ1) is 19.0. The number of amides is 1. The highest BCUT2D eigenvalue weighted by atomic mass is 16.5. The number of likely N-dealkylation sites (N-methyl/N-ethyl adjacent to an activating group) is 1. The molecule has 0 aromatic heterocycles. The normalized spacial score (nSPS) is 14.4. The molecule has 2 rings (SSSR count). The number of carbonyl (C=O) groups is 1. The standard InChI is InChI=1S/C20H26N2O3/c1-4-22(5-2)19(23)20(24,16-9-7-6-8-10-16)18(21)15-11-13-17(25-3)14-12-15/h6-14,18,24H,4-5,21H2,1-3H3/t18-,20-/m1/s1. The Morgan fingerprint density at radius 3 is 2.16 bits per heavy atom. The highest BCUT2D eigenvalue weighted by molar-refractivity contribution is 5.87. The molecule has 0 radical (unpaired) electrons. The lowest BCUT2D eigenvalue weighted by molar-refractivity contribution is -0.155. The van der Waals surface area contributed by atoms with Crippen molar-refractivity contribution in [2.75, 3.05) is 20.2 Å². The van der Waals surface area contributed by atoms with Crippen molar-refractivity contribution < 1.29 is 14.6 Å². The van der Waals surface area contributed by atoms with E-state index in [9.17, 15) is 9.90 Å². The van der Waals surface area contributed by atoms with Crippen molar-refractivity contribution >= 4 is 5.91 Å². The lowest BCUT2D eigenvalue weighted by Gasteiger charge is -2.37. The van der Waals surface area contributed by atoms with Gasteiger partial charge in [-0.3, -0.25) is 4.79 Å². The molecule has 0 saturated heterocycles. The molecule has 5 nitrogen and oxygen atoms in total. The summed E-state index contributed by atoms with van der Waals surface area (Å²) in [6, 6.07) is 15.0. The van der Waals surface area contributed by atoms with Gasteiger partial charge in [-0.05, 0) is 37.1 Å². The number of hydrogen-bond acceptors (Lipinski definition) is 4. The zero-order valence-corrected chi connectivity index (χ0v) is 15.0. The molecule has 1 amide bonds. The zero-order chi connectivity index (χ0) is 18.4. The third kappa shape index (κ3) is 3.67. The number of nitrogens with two attached hydrogens (primary N) is 1. The number of carbonyl (C=O) groups excluding carboxylic acids is 1. The molecule has 2 aromatic rings. The van der Waals surface area contributed by atoms with E-state index in [1.165, 1.54) is 0 Å². The quantitative estimate of drug-likeness (QED) is 0.810. The number of benzene rings is 2. The van der Waals surface area contributed by atoms with Crippen molar-refractivity contribution in [1.82, 2.24) is 4.90 Å². The third-order valence-electron chi connectivity index (χ3n) is 4.52. The van der Waals surface area contributed by atoms with Gasteiger partial charge in [0, 0.05) is 13.1 Å². The van der Waals surface area contributed by atoms with Gasteiger partial charge in [0.2, 0.25) is 0 Å². The van der Waals surface area contributed by atoms with Crippen molar-refractivity contribution in [1.29, 1.82) is 0 Å². The number of aliphatic hydroxyl groups is 1. The second-order valence-corrected chi connectivity index (χ2v) is 5.86. The summed E-state index contributed by atoms with van der Waals surface area (Å²) in [4.78, 5) is 14.7. The summed E-state index contributed by atoms with van der Waals surface area (Å²) in [5.74, 6) is 0.293. The molecule has 3 N–H and O–H groups in total. The third-order valence-corrected chi connectivity index (χ3v) is 4.52. The molecule has 2 atom stereocenters. The Labute approximate surface area is 149 Å². The fraction of sp³-hybridized carbons (Fsp3) is 0.350. The Hall–Kier alpha value is -2.37. The topological polar surface area (TPSA) is 75.8 Å². The van der Waals surface area contributed by atoms with Gasteiger partial charge in [0.05, 0.1) is 13.2 Å². The van der Waals surface area contributed by atoms with Gasteiger partial charge >= 0.3 is 0 Å². The van der Waals surface area contributed by atoms with E-state index in [2.05, 4.69) is 0 Å². The van der Waals surface area contributed by atoms with Gasteiger partial charge in [-0.25, -0.2) is 0 Å². The minimum Gasteiger partial charge on any atom is -0.497 e. The van der Waals surface area contributed by atoms with Crippen LogP contribution in [0.2, 0.25) is 0 Å². The molecular weight excluding hydrogens is 316 g/mol. The van der Waals surface area contributed by atoms with Crippen LogP contribution in [-0.2, 0) is 10.4 Å². The Balaban J connectivity index is 2.51. The summed E-state index contributed by atoms with van der Waals surface area (Å²) in [6.45, 7) is 4.76. The Bertz CT molecular complexity index is 684. The van der Waals surface area contributed by atoms with Gasteiger partial charge in [0.15, 0.2) is 5.60 Å². The minimum absolute atomic E-state index is 0.396. The second-order valence-electron chi connectivity index (χ2n) is 5.86. The maximum atomic E-state index is 13.1. The molecule has 0 aliphatic carbocycles. The highest BCUT2D eigenvalue weighted by Gasteiger charge is 2.46. The van der Waals surface area contributed by atoms with Crippen LogP contribution in [0.5, 0.6) is 5.75 Å². The summed E-state index contributed by atoms with van der Waals surface area (Å²) in [6.07, 6.45) is 0. The lowest BCUT2D eigenvalue weighted by atomic mass is 9.81. The Morgan fingerprint density at radius 1 is 1.12 bits per heavy atom. The summed E-state index contributed by atoms with van der Waals surface area (Å²) in [5.41, 5.74) is 5.70. The summed E-state index contributed by atoms with van der Waals surface area (Å²) >= 11 is 0. The smallest absolute Gasteiger partial charge is 0.261 e. The van der Waals surface area contributed by atoms with Crippen LogP contribution >= 0.6 is 0 Å².